The van der Waals surface area contributed by atoms with Gasteiger partial charge in [0.25, 0.3) is 10.1 Å². The summed E-state index contributed by atoms with van der Waals surface area (Å²) < 4.78 is 35.2. The monoisotopic (exact) mass is 279 g/mol. The molecule has 5 nitrogen and oxygen atoms in total. The van der Waals surface area contributed by atoms with Gasteiger partial charge in [0.15, 0.2) is 0 Å². The van der Waals surface area contributed by atoms with Crippen LogP contribution >= 0.6 is 11.6 Å². The normalized spacial score (nSPS) is 13.2. The average Bonchev–Trinajstić information content (AvgIpc) is 2.14. The Morgan fingerprint density at radius 1 is 1.53 bits per heavy atom. The van der Waals surface area contributed by atoms with Gasteiger partial charge in [0.2, 0.25) is 0 Å². The number of hydrogen-bond donors (Lipinski definition) is 2. The van der Waals surface area contributed by atoms with Crippen molar-refractivity contribution in [2.45, 2.75) is 13.0 Å². The lowest BCUT2D eigenvalue weighted by Gasteiger charge is -2.16. The zero-order valence-electron chi connectivity index (χ0n) is 9.47. The molecular formula is C10H14ClNO4S. The minimum absolute atomic E-state index is 0.386. The van der Waals surface area contributed by atoms with Crippen LogP contribution in [0.25, 0.3) is 0 Å². The van der Waals surface area contributed by atoms with Gasteiger partial charge in [0.05, 0.1) is 18.6 Å². The maximum atomic E-state index is 10.7. The highest BCUT2D eigenvalue weighted by Gasteiger charge is 2.14. The third-order valence-electron chi connectivity index (χ3n) is 2.02. The second kappa shape index (κ2) is 5.57. The van der Waals surface area contributed by atoms with E-state index < -0.39 is 16.2 Å². The third-order valence-corrected chi connectivity index (χ3v) is 3.18. The molecule has 96 valence electrons. The number of nitrogens with one attached hydrogen (secondary N) is 1. The third kappa shape index (κ3) is 4.80. The summed E-state index contributed by atoms with van der Waals surface area (Å²) >= 11 is 5.83. The number of anilines is 1. The van der Waals surface area contributed by atoms with Crippen molar-refractivity contribution in [3.8, 4) is 5.75 Å². The van der Waals surface area contributed by atoms with Crippen molar-refractivity contribution in [3.05, 3.63) is 23.2 Å². The van der Waals surface area contributed by atoms with E-state index >= 15 is 0 Å². The molecule has 0 amide bonds. The molecule has 7 heteroatoms. The highest BCUT2D eigenvalue weighted by molar-refractivity contribution is 7.85. The topological polar surface area (TPSA) is 75.6 Å². The second-order valence-corrected chi connectivity index (χ2v) is 5.57. The number of methoxy groups -OCH3 is 1. The van der Waals surface area contributed by atoms with Crippen LogP contribution < -0.4 is 10.1 Å². The molecule has 0 saturated heterocycles. The van der Waals surface area contributed by atoms with Crippen LogP contribution in [0.3, 0.4) is 0 Å². The maximum Gasteiger partial charge on any atom is 0.266 e. The summed E-state index contributed by atoms with van der Waals surface area (Å²) in [5.74, 6) is 0.166. The number of rotatable bonds is 5. The molecular weight excluding hydrogens is 266 g/mol. The van der Waals surface area contributed by atoms with Crippen molar-refractivity contribution in [2.75, 3.05) is 18.2 Å². The van der Waals surface area contributed by atoms with Crippen LogP contribution in [0.5, 0.6) is 5.75 Å². The Kier molecular flexibility index (Phi) is 4.62. The van der Waals surface area contributed by atoms with Gasteiger partial charge >= 0.3 is 0 Å². The van der Waals surface area contributed by atoms with E-state index in [0.29, 0.717) is 16.5 Å². The van der Waals surface area contributed by atoms with E-state index in [4.69, 9.17) is 20.9 Å². The number of ether oxygens (including phenoxy) is 1. The van der Waals surface area contributed by atoms with Crippen LogP contribution in [0, 0.1) is 0 Å². The van der Waals surface area contributed by atoms with Crippen LogP contribution in [-0.2, 0) is 10.1 Å². The molecule has 1 aromatic carbocycles. The summed E-state index contributed by atoms with van der Waals surface area (Å²) in [5.41, 5.74) is 0.580. The van der Waals surface area contributed by atoms with Crippen molar-refractivity contribution in [1.29, 1.82) is 0 Å². The van der Waals surface area contributed by atoms with E-state index in [0.717, 1.165) is 0 Å². The Hall–Kier alpha value is -0.980. The van der Waals surface area contributed by atoms with Crippen molar-refractivity contribution in [2.24, 2.45) is 0 Å². The first kappa shape index (κ1) is 14.1. The van der Waals surface area contributed by atoms with Gasteiger partial charge in [0, 0.05) is 11.1 Å². The van der Waals surface area contributed by atoms with Crippen LogP contribution in [0.15, 0.2) is 18.2 Å². The number of hydrogen-bond acceptors (Lipinski definition) is 4. The molecule has 1 aromatic rings. The SMILES string of the molecule is COc1ccc(Cl)cc1NC(C)CS(=O)(=O)O. The summed E-state index contributed by atoms with van der Waals surface area (Å²) in [5, 5.41) is 3.42. The summed E-state index contributed by atoms with van der Waals surface area (Å²) in [6.45, 7) is 1.63. The summed E-state index contributed by atoms with van der Waals surface area (Å²) in [6, 6.07) is 4.50. The fraction of sp³-hybridized carbons (Fsp3) is 0.400. The molecule has 2 N–H and O–H groups in total. The molecule has 0 spiro atoms. The van der Waals surface area contributed by atoms with E-state index in [1.54, 1.807) is 25.1 Å². The quantitative estimate of drug-likeness (QED) is 0.807. The van der Waals surface area contributed by atoms with Crippen molar-refractivity contribution in [1.82, 2.24) is 0 Å². The highest BCUT2D eigenvalue weighted by atomic mass is 35.5. The number of halogens is 1. The first-order valence-corrected chi connectivity index (χ1v) is 6.86. The van der Waals surface area contributed by atoms with Gasteiger partial charge in [-0.2, -0.15) is 8.42 Å². The van der Waals surface area contributed by atoms with Gasteiger partial charge in [-0.3, -0.25) is 4.55 Å². The molecule has 0 fully saturated rings. The van der Waals surface area contributed by atoms with Crippen molar-refractivity contribution >= 4 is 27.4 Å². The van der Waals surface area contributed by atoms with Gasteiger partial charge in [-0.1, -0.05) is 11.6 Å². The summed E-state index contributed by atoms with van der Waals surface area (Å²) in [6.07, 6.45) is 0. The van der Waals surface area contributed by atoms with Gasteiger partial charge in [0.1, 0.15) is 5.75 Å². The molecule has 0 aliphatic rings. The highest BCUT2D eigenvalue weighted by Crippen LogP contribution is 2.28. The Morgan fingerprint density at radius 3 is 2.71 bits per heavy atom. The summed E-state index contributed by atoms with van der Waals surface area (Å²) in [7, 11) is -2.51. The smallest absolute Gasteiger partial charge is 0.266 e. The van der Waals surface area contributed by atoms with Gasteiger partial charge in [-0.05, 0) is 25.1 Å². The predicted molar refractivity (Wildman–Crippen MR) is 67.5 cm³/mol. The standard InChI is InChI=1S/C10H14ClNO4S/c1-7(6-17(13,14)15)12-9-5-8(11)3-4-10(9)16-2/h3-5,7,12H,6H2,1-2H3,(H,13,14,15). The van der Waals surface area contributed by atoms with E-state index in [9.17, 15) is 8.42 Å². The van der Waals surface area contributed by atoms with Gasteiger partial charge < -0.3 is 10.1 Å². The van der Waals surface area contributed by atoms with Gasteiger partial charge in [-0.15, -0.1) is 0 Å². The lowest BCUT2D eigenvalue weighted by Crippen LogP contribution is -2.25. The lowest BCUT2D eigenvalue weighted by molar-refractivity contribution is 0.416. The molecule has 1 rings (SSSR count). The first-order chi connectivity index (χ1) is 7.81. The Labute approximate surface area is 105 Å². The summed E-state index contributed by atoms with van der Waals surface area (Å²) in [4.78, 5) is 0. The minimum Gasteiger partial charge on any atom is -0.495 e. The average molecular weight is 280 g/mol. The molecule has 0 aliphatic heterocycles. The Bertz CT molecular complexity index is 489. The van der Waals surface area contributed by atoms with Crippen LogP contribution in [-0.4, -0.2) is 31.9 Å². The second-order valence-electron chi connectivity index (χ2n) is 3.64. The lowest BCUT2D eigenvalue weighted by atomic mass is 10.2. The largest absolute Gasteiger partial charge is 0.495 e. The molecule has 0 aliphatic carbocycles. The first-order valence-electron chi connectivity index (χ1n) is 4.87. The molecule has 0 bridgehead atoms. The molecule has 0 radical (unpaired) electrons. The molecule has 0 saturated carbocycles. The minimum atomic E-state index is -4.01. The predicted octanol–water partition coefficient (Wildman–Crippen LogP) is 2.04. The van der Waals surface area contributed by atoms with Crippen LogP contribution in [0.1, 0.15) is 6.92 Å². The maximum absolute atomic E-state index is 10.7. The fourth-order valence-corrected chi connectivity index (χ4v) is 2.30. The van der Waals surface area contributed by atoms with E-state index in [-0.39, 0.29) is 5.75 Å². The molecule has 0 aromatic heterocycles. The fourth-order valence-electron chi connectivity index (χ4n) is 1.42. The van der Waals surface area contributed by atoms with Crippen LogP contribution in [0.4, 0.5) is 5.69 Å². The number of benzene rings is 1. The molecule has 17 heavy (non-hydrogen) atoms. The van der Waals surface area contributed by atoms with Gasteiger partial charge in [-0.25, -0.2) is 0 Å². The van der Waals surface area contributed by atoms with E-state index in [2.05, 4.69) is 5.32 Å². The molecule has 1 atom stereocenters. The van der Waals surface area contributed by atoms with Crippen molar-refractivity contribution in [3.63, 3.8) is 0 Å². The van der Waals surface area contributed by atoms with Crippen molar-refractivity contribution < 1.29 is 17.7 Å². The zero-order valence-corrected chi connectivity index (χ0v) is 11.0. The van der Waals surface area contributed by atoms with E-state index in [1.807, 2.05) is 0 Å². The Balaban J connectivity index is 2.83. The van der Waals surface area contributed by atoms with E-state index in [1.165, 1.54) is 7.11 Å². The zero-order chi connectivity index (χ0) is 13.1. The molecule has 0 heterocycles. The molecule has 1 unspecified atom stereocenters. The van der Waals surface area contributed by atoms with Crippen LogP contribution in [0.2, 0.25) is 5.02 Å². The Morgan fingerprint density at radius 2 is 2.18 bits per heavy atom.